The van der Waals surface area contributed by atoms with Crippen molar-refractivity contribution in [1.82, 2.24) is 9.78 Å². The smallest absolute Gasteiger partial charge is 0.123 e. The van der Waals surface area contributed by atoms with Gasteiger partial charge in [-0.1, -0.05) is 12.1 Å². The van der Waals surface area contributed by atoms with E-state index in [2.05, 4.69) is 21.0 Å². The lowest BCUT2D eigenvalue weighted by Crippen LogP contribution is -2.08. The molecule has 2 aromatic rings. The molecule has 0 saturated carbocycles. The number of rotatable bonds is 3. The predicted octanol–water partition coefficient (Wildman–Crippen LogP) is 2.52. The molecular weight excluding hydrogens is 275 g/mol. The largest absolute Gasteiger partial charge is 0.386 e. The van der Waals surface area contributed by atoms with Crippen molar-refractivity contribution in [2.24, 2.45) is 0 Å². The summed E-state index contributed by atoms with van der Waals surface area (Å²) in [6, 6.07) is 5.80. The normalized spacial score (nSPS) is 12.7. The maximum Gasteiger partial charge on any atom is 0.123 e. The first-order chi connectivity index (χ1) is 7.65. The van der Waals surface area contributed by atoms with Gasteiger partial charge in [0.05, 0.1) is 23.3 Å². The minimum atomic E-state index is -0.688. The van der Waals surface area contributed by atoms with Crippen molar-refractivity contribution in [2.45, 2.75) is 12.6 Å². The monoisotopic (exact) mass is 284 g/mol. The second kappa shape index (κ2) is 4.76. The van der Waals surface area contributed by atoms with Gasteiger partial charge in [0.2, 0.25) is 0 Å². The van der Waals surface area contributed by atoms with E-state index in [0.717, 1.165) is 4.47 Å². The van der Waals surface area contributed by atoms with E-state index in [1.54, 1.807) is 29.2 Å². The van der Waals surface area contributed by atoms with Gasteiger partial charge in [0, 0.05) is 6.20 Å². The van der Waals surface area contributed by atoms with Gasteiger partial charge in [-0.15, -0.1) is 0 Å². The molecule has 0 aliphatic carbocycles. The fraction of sp³-hybridized carbons (Fsp3) is 0.182. The Labute approximate surface area is 101 Å². The van der Waals surface area contributed by atoms with Gasteiger partial charge in [-0.3, -0.25) is 4.68 Å². The number of halogens is 2. The molecule has 0 saturated heterocycles. The van der Waals surface area contributed by atoms with Gasteiger partial charge >= 0.3 is 0 Å². The van der Waals surface area contributed by atoms with Crippen LogP contribution in [0.3, 0.4) is 0 Å². The van der Waals surface area contributed by atoms with Gasteiger partial charge in [0.15, 0.2) is 0 Å². The van der Waals surface area contributed by atoms with Crippen LogP contribution in [0.4, 0.5) is 4.39 Å². The molecule has 0 spiro atoms. The number of hydrogen-bond acceptors (Lipinski definition) is 2. The highest BCUT2D eigenvalue weighted by Gasteiger charge is 2.08. The summed E-state index contributed by atoms with van der Waals surface area (Å²) >= 11 is 3.27. The number of aliphatic hydroxyl groups is 1. The minimum absolute atomic E-state index is 0.308. The van der Waals surface area contributed by atoms with Crippen molar-refractivity contribution in [3.63, 3.8) is 0 Å². The molecule has 3 nitrogen and oxygen atoms in total. The van der Waals surface area contributed by atoms with E-state index in [4.69, 9.17) is 0 Å². The van der Waals surface area contributed by atoms with Crippen LogP contribution in [0.5, 0.6) is 0 Å². The molecule has 1 N–H and O–H groups in total. The Balaban J connectivity index is 2.08. The van der Waals surface area contributed by atoms with Crippen molar-refractivity contribution in [3.05, 3.63) is 52.5 Å². The van der Waals surface area contributed by atoms with Crippen LogP contribution in [0, 0.1) is 5.82 Å². The standard InChI is InChI=1S/C11H10BrFN2O/c12-9-5-14-15(6-9)7-11(16)8-1-3-10(13)4-2-8/h1-6,11,16H,7H2. The third-order valence-corrected chi connectivity index (χ3v) is 2.63. The highest BCUT2D eigenvalue weighted by Crippen LogP contribution is 2.16. The lowest BCUT2D eigenvalue weighted by molar-refractivity contribution is 0.151. The Hall–Kier alpha value is -1.20. The molecule has 0 fully saturated rings. The molecular formula is C11H10BrFN2O. The van der Waals surface area contributed by atoms with Crippen LogP contribution < -0.4 is 0 Å². The first-order valence-corrected chi connectivity index (χ1v) is 5.56. The summed E-state index contributed by atoms with van der Waals surface area (Å²) in [5.41, 5.74) is 0.674. The molecule has 1 heterocycles. The fourth-order valence-corrected chi connectivity index (χ4v) is 1.73. The summed E-state index contributed by atoms with van der Waals surface area (Å²) < 4.78 is 15.2. The zero-order valence-corrected chi connectivity index (χ0v) is 9.93. The molecule has 1 atom stereocenters. The lowest BCUT2D eigenvalue weighted by atomic mass is 10.1. The zero-order valence-electron chi connectivity index (χ0n) is 8.35. The Kier molecular flexibility index (Phi) is 3.36. The highest BCUT2D eigenvalue weighted by atomic mass is 79.9. The number of nitrogens with zero attached hydrogens (tertiary/aromatic N) is 2. The van der Waals surface area contributed by atoms with Crippen molar-refractivity contribution in [2.75, 3.05) is 0 Å². The molecule has 0 bridgehead atoms. The summed E-state index contributed by atoms with van der Waals surface area (Å²) in [4.78, 5) is 0. The number of benzene rings is 1. The van der Waals surface area contributed by atoms with Gasteiger partial charge in [-0.25, -0.2) is 4.39 Å². The van der Waals surface area contributed by atoms with E-state index < -0.39 is 6.10 Å². The van der Waals surface area contributed by atoms with Gasteiger partial charge in [0.25, 0.3) is 0 Å². The first-order valence-electron chi connectivity index (χ1n) is 4.76. The molecule has 0 amide bonds. The van der Waals surface area contributed by atoms with E-state index in [1.165, 1.54) is 12.1 Å². The average molecular weight is 285 g/mol. The summed E-state index contributed by atoms with van der Waals surface area (Å²) in [6.07, 6.45) is 2.73. The Morgan fingerprint density at radius 2 is 2.06 bits per heavy atom. The van der Waals surface area contributed by atoms with Crippen molar-refractivity contribution in [1.29, 1.82) is 0 Å². The summed E-state index contributed by atoms with van der Waals surface area (Å²) in [7, 11) is 0. The van der Waals surface area contributed by atoms with Crippen LogP contribution in [0.25, 0.3) is 0 Å². The lowest BCUT2D eigenvalue weighted by Gasteiger charge is -2.10. The van der Waals surface area contributed by atoms with Crippen molar-refractivity contribution >= 4 is 15.9 Å². The van der Waals surface area contributed by atoms with Crippen LogP contribution in [0.2, 0.25) is 0 Å². The van der Waals surface area contributed by atoms with Crippen molar-refractivity contribution < 1.29 is 9.50 Å². The Morgan fingerprint density at radius 1 is 1.38 bits per heavy atom. The second-order valence-electron chi connectivity index (χ2n) is 3.45. The summed E-state index contributed by atoms with van der Waals surface area (Å²) in [5, 5.41) is 13.9. The molecule has 1 aromatic heterocycles. The van der Waals surface area contributed by atoms with Crippen LogP contribution >= 0.6 is 15.9 Å². The molecule has 84 valence electrons. The van der Waals surface area contributed by atoms with Gasteiger partial charge < -0.3 is 5.11 Å². The van der Waals surface area contributed by atoms with Crippen molar-refractivity contribution in [3.8, 4) is 0 Å². The Morgan fingerprint density at radius 3 is 2.62 bits per heavy atom. The van der Waals surface area contributed by atoms with Gasteiger partial charge in [0.1, 0.15) is 5.82 Å². The molecule has 0 aliphatic heterocycles. The predicted molar refractivity (Wildman–Crippen MR) is 61.3 cm³/mol. The molecule has 16 heavy (non-hydrogen) atoms. The third kappa shape index (κ3) is 2.68. The zero-order chi connectivity index (χ0) is 11.5. The quantitative estimate of drug-likeness (QED) is 0.941. The van der Waals surface area contributed by atoms with E-state index >= 15 is 0 Å². The summed E-state index contributed by atoms with van der Waals surface area (Å²) in [6.45, 7) is 0.344. The van der Waals surface area contributed by atoms with Crippen LogP contribution in [-0.2, 0) is 6.54 Å². The summed E-state index contributed by atoms with van der Waals surface area (Å²) in [5.74, 6) is -0.308. The van der Waals surface area contributed by atoms with Crippen LogP contribution in [-0.4, -0.2) is 14.9 Å². The molecule has 5 heteroatoms. The molecule has 0 radical (unpaired) electrons. The van der Waals surface area contributed by atoms with Crippen LogP contribution in [0.15, 0.2) is 41.1 Å². The van der Waals surface area contributed by atoms with Gasteiger partial charge in [-0.05, 0) is 33.6 Å². The number of aliphatic hydroxyl groups excluding tert-OH is 1. The molecule has 1 unspecified atom stereocenters. The number of hydrogen-bond donors (Lipinski definition) is 1. The van der Waals surface area contributed by atoms with E-state index in [0.29, 0.717) is 12.1 Å². The SMILES string of the molecule is OC(Cn1cc(Br)cn1)c1ccc(F)cc1. The van der Waals surface area contributed by atoms with Crippen LogP contribution in [0.1, 0.15) is 11.7 Å². The Bertz CT molecular complexity index is 469. The molecule has 2 rings (SSSR count). The maximum atomic E-state index is 12.7. The average Bonchev–Trinajstić information content (AvgIpc) is 2.65. The third-order valence-electron chi connectivity index (χ3n) is 2.22. The highest BCUT2D eigenvalue weighted by molar-refractivity contribution is 9.10. The van der Waals surface area contributed by atoms with E-state index in [-0.39, 0.29) is 5.82 Å². The topological polar surface area (TPSA) is 38.0 Å². The molecule has 1 aromatic carbocycles. The second-order valence-corrected chi connectivity index (χ2v) is 4.36. The van der Waals surface area contributed by atoms with E-state index in [1.807, 2.05) is 0 Å². The minimum Gasteiger partial charge on any atom is -0.386 e. The first kappa shape index (κ1) is 11.3. The van der Waals surface area contributed by atoms with Gasteiger partial charge in [-0.2, -0.15) is 5.10 Å². The fourth-order valence-electron chi connectivity index (χ4n) is 1.41. The van der Waals surface area contributed by atoms with E-state index in [9.17, 15) is 9.50 Å². The maximum absolute atomic E-state index is 12.7. The number of aromatic nitrogens is 2. The molecule has 0 aliphatic rings.